The van der Waals surface area contributed by atoms with Gasteiger partial charge < -0.3 is 0 Å². The summed E-state index contributed by atoms with van der Waals surface area (Å²) >= 11 is -2.27. The molecule has 0 aliphatic rings. The summed E-state index contributed by atoms with van der Waals surface area (Å²) in [6, 6.07) is 13.8. The molecule has 0 aliphatic heterocycles. The van der Waals surface area contributed by atoms with Crippen LogP contribution in [0, 0.1) is 0 Å². The van der Waals surface area contributed by atoms with E-state index in [4.69, 9.17) is 4.98 Å². The Morgan fingerprint density at radius 2 is 1.72 bits per heavy atom. The fourth-order valence-electron chi connectivity index (χ4n) is 3.75. The van der Waals surface area contributed by atoms with Crippen molar-refractivity contribution in [2.75, 3.05) is 0 Å². The van der Waals surface area contributed by atoms with E-state index in [2.05, 4.69) is 82.6 Å². The molecule has 0 fully saturated rings. The molecular weight excluding hydrogens is 411 g/mol. The summed E-state index contributed by atoms with van der Waals surface area (Å²) in [5.74, 6) is 0. The van der Waals surface area contributed by atoms with Crippen molar-refractivity contribution in [1.29, 1.82) is 0 Å². The first kappa shape index (κ1) is 16.9. The average Bonchev–Trinajstić information content (AvgIpc) is 3.02. The molecule has 0 bridgehead atoms. The maximum absolute atomic E-state index is 4.74. The summed E-state index contributed by atoms with van der Waals surface area (Å²) in [7, 11) is 0. The Balaban J connectivity index is 2.27. The predicted molar refractivity (Wildman–Crippen MR) is 112 cm³/mol. The SMILES string of the molecule is CC(C)(C)c1ccc2c(c1)c1ccc[c]([Sn]([CH3])([CH3])[CH3])c1c1nccn21. The Kier molecular flexibility index (Phi) is 3.70. The molecule has 0 aliphatic carbocycles. The number of imidazole rings is 1. The van der Waals surface area contributed by atoms with Gasteiger partial charge in [0.2, 0.25) is 0 Å². The zero-order chi connectivity index (χ0) is 18.0. The van der Waals surface area contributed by atoms with E-state index in [1.165, 1.54) is 27.2 Å². The number of hydrogen-bond donors (Lipinski definition) is 0. The number of aromatic nitrogens is 2. The summed E-state index contributed by atoms with van der Waals surface area (Å²) in [5, 5.41) is 4.06. The third kappa shape index (κ3) is 2.66. The van der Waals surface area contributed by atoms with Crippen molar-refractivity contribution in [2.24, 2.45) is 0 Å². The monoisotopic (exact) mass is 438 g/mol. The third-order valence-corrected chi connectivity index (χ3v) is 11.0. The van der Waals surface area contributed by atoms with Crippen molar-refractivity contribution in [3.63, 3.8) is 0 Å². The van der Waals surface area contributed by atoms with E-state index in [0.717, 1.165) is 5.65 Å². The van der Waals surface area contributed by atoms with E-state index < -0.39 is 18.4 Å². The van der Waals surface area contributed by atoms with E-state index in [0.29, 0.717) is 0 Å². The molecule has 2 heterocycles. The summed E-state index contributed by atoms with van der Waals surface area (Å²) in [6.45, 7) is 6.84. The quantitative estimate of drug-likeness (QED) is 0.285. The molecule has 2 aromatic carbocycles. The molecule has 128 valence electrons. The summed E-state index contributed by atoms with van der Waals surface area (Å²) < 4.78 is 3.83. The van der Waals surface area contributed by atoms with Crippen LogP contribution in [0.2, 0.25) is 14.8 Å². The van der Waals surface area contributed by atoms with Crippen molar-refractivity contribution in [3.8, 4) is 0 Å². The van der Waals surface area contributed by atoms with E-state index in [1.807, 2.05) is 6.20 Å². The minimum atomic E-state index is -2.27. The van der Waals surface area contributed by atoms with Crippen LogP contribution in [-0.4, -0.2) is 27.8 Å². The fraction of sp³-hybridized carbons (Fsp3) is 0.318. The van der Waals surface area contributed by atoms with E-state index >= 15 is 0 Å². The molecule has 0 atom stereocenters. The van der Waals surface area contributed by atoms with Gasteiger partial charge >= 0.3 is 154 Å². The van der Waals surface area contributed by atoms with E-state index in [9.17, 15) is 0 Å². The van der Waals surface area contributed by atoms with Crippen molar-refractivity contribution >= 4 is 49.3 Å². The molecule has 0 N–H and O–H groups in total. The molecule has 0 radical (unpaired) electrons. The van der Waals surface area contributed by atoms with Crippen LogP contribution in [0.25, 0.3) is 27.3 Å². The van der Waals surface area contributed by atoms with Crippen LogP contribution >= 0.6 is 0 Å². The molecule has 0 saturated carbocycles. The fourth-order valence-corrected chi connectivity index (χ4v) is 8.30. The Morgan fingerprint density at radius 3 is 2.40 bits per heavy atom. The van der Waals surface area contributed by atoms with Crippen molar-refractivity contribution in [1.82, 2.24) is 9.38 Å². The molecule has 0 unspecified atom stereocenters. The number of nitrogens with zero attached hydrogens (tertiary/aromatic N) is 2. The molecule has 4 rings (SSSR count). The van der Waals surface area contributed by atoms with Crippen molar-refractivity contribution in [3.05, 3.63) is 54.4 Å². The van der Waals surface area contributed by atoms with Gasteiger partial charge in [0, 0.05) is 0 Å². The van der Waals surface area contributed by atoms with Gasteiger partial charge in [0.1, 0.15) is 0 Å². The van der Waals surface area contributed by atoms with Crippen LogP contribution in [0.5, 0.6) is 0 Å². The van der Waals surface area contributed by atoms with Crippen molar-refractivity contribution < 1.29 is 0 Å². The second-order valence-electron chi connectivity index (χ2n) is 9.08. The first-order chi connectivity index (χ1) is 11.7. The normalized spacial score (nSPS) is 13.2. The van der Waals surface area contributed by atoms with E-state index in [1.54, 1.807) is 3.58 Å². The third-order valence-electron chi connectivity index (χ3n) is 5.15. The first-order valence-electron chi connectivity index (χ1n) is 9.00. The first-order valence-corrected chi connectivity index (χ1v) is 19.0. The number of pyridine rings is 1. The molecule has 0 spiro atoms. The molecular formula is C22H26N2Sn. The Labute approximate surface area is 153 Å². The number of rotatable bonds is 1. The summed E-state index contributed by atoms with van der Waals surface area (Å²) in [4.78, 5) is 12.2. The van der Waals surface area contributed by atoms with Crippen LogP contribution in [0.3, 0.4) is 0 Å². The Morgan fingerprint density at radius 1 is 0.960 bits per heavy atom. The molecule has 2 nitrogen and oxygen atoms in total. The molecule has 2 aromatic heterocycles. The van der Waals surface area contributed by atoms with Crippen LogP contribution in [0.1, 0.15) is 26.3 Å². The number of hydrogen-bond acceptors (Lipinski definition) is 1. The van der Waals surface area contributed by atoms with Gasteiger partial charge in [0.25, 0.3) is 0 Å². The van der Waals surface area contributed by atoms with Crippen molar-refractivity contribution in [2.45, 2.75) is 41.0 Å². The van der Waals surface area contributed by atoms with Crippen LogP contribution < -0.4 is 3.58 Å². The van der Waals surface area contributed by atoms with Gasteiger partial charge in [-0.15, -0.1) is 0 Å². The molecule has 25 heavy (non-hydrogen) atoms. The van der Waals surface area contributed by atoms with Crippen LogP contribution in [-0.2, 0) is 5.41 Å². The zero-order valence-corrected chi connectivity index (χ0v) is 18.9. The number of fused-ring (bicyclic) bond motifs is 6. The topological polar surface area (TPSA) is 17.3 Å². The summed E-state index contributed by atoms with van der Waals surface area (Å²) in [5.41, 5.74) is 3.87. The minimum absolute atomic E-state index is 0.144. The summed E-state index contributed by atoms with van der Waals surface area (Å²) in [6.07, 6.45) is 4.03. The molecule has 0 amide bonds. The van der Waals surface area contributed by atoms with Gasteiger partial charge in [0.15, 0.2) is 0 Å². The Hall–Kier alpha value is -1.55. The van der Waals surface area contributed by atoms with E-state index in [-0.39, 0.29) is 5.41 Å². The van der Waals surface area contributed by atoms with Gasteiger partial charge in [0.05, 0.1) is 0 Å². The van der Waals surface area contributed by atoms with Gasteiger partial charge in [-0.05, 0) is 0 Å². The van der Waals surface area contributed by atoms with Gasteiger partial charge in [-0.25, -0.2) is 0 Å². The van der Waals surface area contributed by atoms with Crippen LogP contribution in [0.4, 0.5) is 0 Å². The van der Waals surface area contributed by atoms with Gasteiger partial charge in [-0.2, -0.15) is 0 Å². The molecule has 4 aromatic rings. The molecule has 0 saturated heterocycles. The Bertz CT molecular complexity index is 1110. The maximum atomic E-state index is 4.74. The average molecular weight is 437 g/mol. The number of benzene rings is 2. The molecule has 3 heteroatoms. The second-order valence-corrected chi connectivity index (χ2v) is 23.5. The predicted octanol–water partition coefficient (Wildman–Crippen LogP) is 5.48. The second kappa shape index (κ2) is 5.47. The van der Waals surface area contributed by atoms with Crippen LogP contribution in [0.15, 0.2) is 48.8 Å². The standard InChI is InChI=1S/C19H17N2.3CH3.Sn/c1-19(2,3)13-8-9-17-16(12-13)14-6-4-5-7-15(14)18-20-10-11-21(17)18;;;;/h4-6,8-12H,1-3H3;3*1H3;. The van der Waals surface area contributed by atoms with Gasteiger partial charge in [-0.1, -0.05) is 0 Å². The zero-order valence-electron chi connectivity index (χ0n) is 16.0. The van der Waals surface area contributed by atoms with Gasteiger partial charge in [-0.3, -0.25) is 0 Å².